The van der Waals surface area contributed by atoms with E-state index in [1.165, 1.54) is 147 Å². The van der Waals surface area contributed by atoms with Crippen molar-refractivity contribution in [3.63, 3.8) is 0 Å². The Morgan fingerprint density at radius 1 is 0.341 bits per heavy atom. The second-order valence-electron chi connectivity index (χ2n) is 35.6. The summed E-state index contributed by atoms with van der Waals surface area (Å²) in [4.78, 5) is 7.84. The molecule has 126 heavy (non-hydrogen) atoms. The molecule has 1 N–H and O–H groups in total. The number of anilines is 9. The van der Waals surface area contributed by atoms with Gasteiger partial charge in [0.05, 0.1) is 11.1 Å². The molecule has 2 fully saturated rings. The summed E-state index contributed by atoms with van der Waals surface area (Å²) in [5, 5.41) is 4.36. The van der Waals surface area contributed by atoms with E-state index in [1.807, 2.05) is 6.07 Å². The first-order valence-electron chi connectivity index (χ1n) is 39.0. The van der Waals surface area contributed by atoms with E-state index < -0.39 is 118 Å². The molecule has 8 aromatic rings. The van der Waals surface area contributed by atoms with Crippen LogP contribution in [-0.4, -0.2) is 11.1 Å². The Bertz CT molecular complexity index is 4900. The van der Waals surface area contributed by atoms with Gasteiger partial charge in [-0.3, -0.25) is 0 Å². The van der Waals surface area contributed by atoms with Crippen LogP contribution < -0.4 is 33.3 Å². The minimum atomic E-state index is -0.513. The molecule has 2 aliphatic carbocycles. The van der Waals surface area contributed by atoms with Gasteiger partial charge in [-0.1, -0.05) is 195 Å². The number of hydrogen-bond acceptors (Lipinski definition) is 4. The second-order valence-corrected chi connectivity index (χ2v) is 832. The van der Waals surface area contributed by atoms with Gasteiger partial charge < -0.3 is 20.0 Å². The van der Waals surface area contributed by atoms with Crippen molar-refractivity contribution in [2.75, 3.05) is 20.0 Å². The number of fused-ring (bicyclic) bond motifs is 6. The Morgan fingerprint density at radius 3 is 0.976 bits per heavy atom. The number of rotatable bonds is 23. The maximum absolute atomic E-state index is 6.45. The third-order valence-corrected chi connectivity index (χ3v) is 2580. The fraction of sp³-hybridized carbons (Fsp3) is 0.442. The van der Waals surface area contributed by atoms with Gasteiger partial charge in [0.1, 0.15) is 0 Å². The average Bonchev–Trinajstić information content (AvgIpc) is 1.53. The van der Waals surface area contributed by atoms with Crippen molar-refractivity contribution in [1.29, 1.82) is 0 Å². The molecule has 726 valence electrons. The fourth-order valence-electron chi connectivity index (χ4n) is 16.8. The Morgan fingerprint density at radius 2 is 0.643 bits per heavy atom. The van der Waals surface area contributed by atoms with Crippen LogP contribution in [0.3, 0.4) is 0 Å². The summed E-state index contributed by atoms with van der Waals surface area (Å²) in [5.41, 5.74) is 28.7. The molecule has 0 bridgehead atoms. The number of hydrogen-bond donors (Lipinski definition) is 1. The predicted molar refractivity (Wildman–Crippen MR) is 874 cm³/mol. The molecule has 4 atom stereocenters. The Balaban J connectivity index is 0.000000198. The van der Waals surface area contributed by atoms with Crippen LogP contribution in [0.5, 0.6) is 0 Å². The van der Waals surface area contributed by atoms with Gasteiger partial charge in [-0.25, -0.2) is 0 Å². The number of nitrogens with zero attached hydrogens (tertiary/aromatic N) is 3. The first kappa shape index (κ1) is 128. The van der Waals surface area contributed by atoms with Crippen molar-refractivity contribution in [2.45, 2.75) is 247 Å². The Hall–Kier alpha value is 18.8. The molecule has 2 saturated carbocycles. The molecule has 0 aromatic heterocycles. The van der Waals surface area contributed by atoms with Gasteiger partial charge in [0.2, 0.25) is 0 Å². The van der Waals surface area contributed by atoms with Crippen LogP contribution >= 0.6 is 473 Å². The monoisotopic (exact) mass is 5670 g/mol. The third-order valence-electron chi connectivity index (χ3n) is 22.8. The number of benzene rings is 8. The van der Waals surface area contributed by atoms with Crippen LogP contribution in [0.4, 0.5) is 51.2 Å². The summed E-state index contributed by atoms with van der Waals surface area (Å²) >= 11 is 64.5. The maximum atomic E-state index is 6.45. The van der Waals surface area contributed by atoms with Gasteiger partial charge >= 0.3 is 475 Å². The van der Waals surface area contributed by atoms with Crippen LogP contribution in [0.1, 0.15) is 229 Å². The van der Waals surface area contributed by atoms with Crippen LogP contribution in [0, 0.1) is 41.5 Å². The summed E-state index contributed by atoms with van der Waals surface area (Å²) in [6.45, 7) is 50.8. The molecule has 4 unspecified atom stereocenters. The van der Waals surface area contributed by atoms with Crippen molar-refractivity contribution in [2.24, 2.45) is 0 Å². The average molecular weight is 5680 g/mol. The van der Waals surface area contributed by atoms with Gasteiger partial charge in [0, 0.05) is 67.0 Å². The molecule has 12 rings (SSSR count). The standard InChI is InChI=1S/C43H54N2.C23H28ClN.C20H27N.I35/c1-29-22-31(3)39-38(25-29)45(43(11)21-13-12-20-42(39,43)10)37-24-30(2)23-36(28-37)44(34-18-14-16-32(26-34)40(4,5)6)35-19-15-17-33(27-35)41(7,8)9;1-15-10-17(3)21-20(13-15)25(19-12-16(2)11-18(24)14-19)23(5)9-7-6-8-22(21,23)4;1-19(2,3)15-9-7-11-17(13-15)21-18-12-8-10-16(14-18)20(4,5)6;1-19-21(4)23(6)25(8)27(10)29(12)31(14)33(16)35(18)34(17)32(15)30(13)28(11)26(9)24(7)22(5)20(2)3/h14-19,22-28H,12-13,20-21H2,1-11H3;10-14H,6-9H2,1-5H3;7-14,21H,1-6H3;/q;;;-1. The zero-order valence-corrected chi connectivity index (χ0v) is 149. The molecule has 8 aromatic carbocycles. The van der Waals surface area contributed by atoms with Crippen molar-refractivity contribution >= 4 is 524 Å². The quantitative estimate of drug-likeness (QED) is 0.0644. The van der Waals surface area contributed by atoms with Gasteiger partial charge in [-0.15, -0.1) is 0 Å². The molecular weight excluding hydrogens is 5570 g/mol. The molecule has 0 spiro atoms. The Kier molecular flexibility index (Phi) is 58.5. The summed E-state index contributed by atoms with van der Waals surface area (Å²) < 4.78 is 0. The second kappa shape index (κ2) is 57.5. The summed E-state index contributed by atoms with van der Waals surface area (Å²) in [7, 11) is -7.57. The van der Waals surface area contributed by atoms with E-state index in [1.54, 1.807) is 11.1 Å². The molecule has 2 aliphatic heterocycles. The molecule has 2 heterocycles. The first-order chi connectivity index (χ1) is 58.4. The molecule has 0 radical (unpaired) electrons. The molecule has 4 aliphatic rings. The number of aryl methyl sites for hydroxylation is 6. The summed E-state index contributed by atoms with van der Waals surface area (Å²) in [6.07, 6.45) is 10.1. The van der Waals surface area contributed by atoms with Crippen LogP contribution in [0.25, 0.3) is 0 Å². The van der Waals surface area contributed by atoms with Crippen molar-refractivity contribution in [3.8, 4) is 0 Å². The van der Waals surface area contributed by atoms with Gasteiger partial charge in [-0.2, -0.15) is 0 Å². The Labute approximate surface area is 1000 Å². The van der Waals surface area contributed by atoms with Gasteiger partial charge in [0.15, 0.2) is 0 Å². The first-order valence-corrected chi connectivity index (χ1v) is 253. The molecule has 0 saturated heterocycles. The van der Waals surface area contributed by atoms with E-state index in [-0.39, 0.29) is 51.5 Å². The van der Waals surface area contributed by atoms with E-state index in [0.717, 1.165) is 16.4 Å². The van der Waals surface area contributed by atoms with Crippen molar-refractivity contribution in [3.05, 3.63) is 230 Å². The van der Waals surface area contributed by atoms with Crippen molar-refractivity contribution < 1.29 is 13.3 Å². The zero-order chi connectivity index (χ0) is 94.1. The molecule has 40 heteroatoms. The topological polar surface area (TPSA) is 21.8 Å². The van der Waals surface area contributed by atoms with E-state index in [4.69, 9.17) is 11.6 Å². The summed E-state index contributed by atoms with van der Waals surface area (Å²) in [5.74, 6) is 0. The van der Waals surface area contributed by atoms with E-state index in [0.29, 0.717) is 13.3 Å². The van der Waals surface area contributed by atoms with Gasteiger partial charge in [-0.05, 0) is 267 Å². The van der Waals surface area contributed by atoms with Crippen molar-refractivity contribution in [1.82, 2.24) is 0 Å². The number of halogens is 36. The van der Waals surface area contributed by atoms with Gasteiger partial charge in [0.25, 0.3) is 0 Å². The molecule has 0 amide bonds. The van der Waals surface area contributed by atoms with Crippen LogP contribution in [0.2, 0.25) is 5.02 Å². The predicted octanol–water partition coefficient (Wildman–Crippen LogP) is 52.6. The SMILES string of the molecule is CC(C)(C)c1cccc(Nc2cccc(C(C)(C)C)c2)c1.Cc1cc(Cl)cc(N2c3cc(C)cc(C)c3C3(C)CCCCC23C)c1.Cc1cc(N(c2cccc(C(C)(C)C)c2)c2cccc(C(C)(C)C)c2)cc(N2c3cc(C)cc(C)c3C3(C)CCCCC23C)c1.I[I-]I(I)I(I)I(I)I(I)I(I)I(I)I(I)I(I)I(I)I(I)I(I)I(I)I(I)I(I)I(I)I(I)I. The van der Waals surface area contributed by atoms with E-state index in [2.05, 4.69) is 659 Å². The molecule has 4 nitrogen and oxygen atoms in total. The number of nitrogens with one attached hydrogen (secondary N) is 1. The zero-order valence-electron chi connectivity index (χ0n) is 73.1. The molecular formula is C86H109ClI35N4-. The fourth-order valence-corrected chi connectivity index (χ4v) is 6090. The summed E-state index contributed by atoms with van der Waals surface area (Å²) in [6, 6.07) is 59.0. The van der Waals surface area contributed by atoms with Crippen LogP contribution in [0.15, 0.2) is 158 Å². The van der Waals surface area contributed by atoms with E-state index in [9.17, 15) is 0 Å². The van der Waals surface area contributed by atoms with Crippen LogP contribution in [-0.2, 0) is 32.5 Å². The normalized spacial score (nSPS) is 20.4. The third kappa shape index (κ3) is 33.5. The minimum absolute atomic E-state index is 0.0142. The van der Waals surface area contributed by atoms with E-state index >= 15 is 0 Å².